The lowest BCUT2D eigenvalue weighted by molar-refractivity contribution is 0.0498. The van der Waals surface area contributed by atoms with E-state index in [1.165, 1.54) is 23.4 Å². The molecule has 136 valence electrons. The summed E-state index contributed by atoms with van der Waals surface area (Å²) in [6.45, 7) is 1.89. The highest BCUT2D eigenvalue weighted by molar-refractivity contribution is 7.89. The highest BCUT2D eigenvalue weighted by atomic mass is 32.2. The second-order valence-corrected chi connectivity index (χ2v) is 8.82. The maximum Gasteiger partial charge on any atom is 0.243 e. The Morgan fingerprint density at radius 1 is 1.19 bits per heavy atom. The third-order valence-electron chi connectivity index (χ3n) is 5.05. The van der Waals surface area contributed by atoms with E-state index in [0.29, 0.717) is 17.7 Å². The van der Waals surface area contributed by atoms with E-state index in [9.17, 15) is 17.6 Å². The summed E-state index contributed by atoms with van der Waals surface area (Å²) in [5.74, 6) is 0.0176. The van der Waals surface area contributed by atoms with E-state index >= 15 is 0 Å². The number of fused-ring (bicyclic) bond motifs is 1. The van der Waals surface area contributed by atoms with Crippen LogP contribution in [0.15, 0.2) is 47.4 Å². The fraction of sp³-hybridized carbons (Fsp3) is 0.316. The van der Waals surface area contributed by atoms with Crippen LogP contribution in [0.2, 0.25) is 0 Å². The molecule has 0 bridgehead atoms. The van der Waals surface area contributed by atoms with Crippen molar-refractivity contribution < 1.29 is 22.3 Å². The molecule has 0 saturated carbocycles. The lowest BCUT2D eigenvalue weighted by Crippen LogP contribution is -2.45. The first-order valence-corrected chi connectivity index (χ1v) is 9.82. The highest BCUT2D eigenvalue weighted by Gasteiger charge is 2.48. The van der Waals surface area contributed by atoms with Gasteiger partial charge < -0.3 is 4.74 Å². The maximum absolute atomic E-state index is 13.5. The number of sulfonamides is 1. The van der Waals surface area contributed by atoms with Crippen LogP contribution < -0.4 is 4.74 Å². The van der Waals surface area contributed by atoms with Gasteiger partial charge in [0.1, 0.15) is 17.2 Å². The van der Waals surface area contributed by atoms with E-state index in [1.807, 2.05) is 0 Å². The number of halogens is 1. The van der Waals surface area contributed by atoms with Gasteiger partial charge in [-0.2, -0.15) is 4.31 Å². The summed E-state index contributed by atoms with van der Waals surface area (Å²) in [5, 5.41) is 0. The molecule has 1 spiro atoms. The van der Waals surface area contributed by atoms with Crippen molar-refractivity contribution in [3.8, 4) is 5.75 Å². The number of benzene rings is 2. The number of aryl methyl sites for hydroxylation is 1. The Morgan fingerprint density at radius 2 is 1.96 bits per heavy atom. The summed E-state index contributed by atoms with van der Waals surface area (Å²) in [6, 6.07) is 10.8. The van der Waals surface area contributed by atoms with E-state index in [0.717, 1.165) is 6.07 Å². The molecule has 2 heterocycles. The molecule has 26 heavy (non-hydrogen) atoms. The van der Waals surface area contributed by atoms with Crippen LogP contribution in [-0.4, -0.2) is 37.2 Å². The number of Topliss-reactive ketones (excluding diaryl/α,β-unsaturated/α-hetero) is 1. The summed E-state index contributed by atoms with van der Waals surface area (Å²) in [4.78, 5) is 12.5. The van der Waals surface area contributed by atoms with Crippen molar-refractivity contribution in [2.45, 2.75) is 30.3 Å². The van der Waals surface area contributed by atoms with Crippen molar-refractivity contribution in [2.24, 2.45) is 0 Å². The van der Waals surface area contributed by atoms with Crippen molar-refractivity contribution in [3.63, 3.8) is 0 Å². The fourth-order valence-corrected chi connectivity index (χ4v) is 5.21. The molecule has 1 fully saturated rings. The minimum Gasteiger partial charge on any atom is -0.485 e. The van der Waals surface area contributed by atoms with Gasteiger partial charge in [-0.25, -0.2) is 12.8 Å². The lowest BCUT2D eigenvalue weighted by atomic mass is 9.89. The summed E-state index contributed by atoms with van der Waals surface area (Å²) in [6.07, 6.45) is 0.588. The Balaban J connectivity index is 1.62. The predicted octanol–water partition coefficient (Wildman–Crippen LogP) is 2.93. The third kappa shape index (κ3) is 2.71. The molecule has 2 aliphatic rings. The first-order chi connectivity index (χ1) is 12.3. The third-order valence-corrected chi connectivity index (χ3v) is 6.89. The second-order valence-electron chi connectivity index (χ2n) is 6.88. The largest absolute Gasteiger partial charge is 0.485 e. The van der Waals surface area contributed by atoms with Crippen LogP contribution in [0.1, 0.15) is 28.8 Å². The molecule has 1 saturated heterocycles. The number of para-hydroxylation sites is 1. The van der Waals surface area contributed by atoms with Gasteiger partial charge in [0.15, 0.2) is 5.78 Å². The monoisotopic (exact) mass is 375 g/mol. The lowest BCUT2D eigenvalue weighted by Gasteiger charge is -2.34. The average Bonchev–Trinajstić information content (AvgIpc) is 3.01. The van der Waals surface area contributed by atoms with Gasteiger partial charge >= 0.3 is 0 Å². The van der Waals surface area contributed by atoms with E-state index < -0.39 is 21.4 Å². The van der Waals surface area contributed by atoms with Crippen LogP contribution in [-0.2, 0) is 10.0 Å². The van der Waals surface area contributed by atoms with Crippen LogP contribution in [0.5, 0.6) is 5.75 Å². The number of carbonyl (C=O) groups is 1. The first kappa shape index (κ1) is 17.2. The first-order valence-electron chi connectivity index (χ1n) is 8.38. The second kappa shape index (κ2) is 5.89. The molecule has 1 atom stereocenters. The molecule has 0 aliphatic carbocycles. The Hall–Kier alpha value is -2.25. The summed E-state index contributed by atoms with van der Waals surface area (Å²) in [7, 11) is -3.77. The molecule has 2 aromatic carbocycles. The molecule has 0 radical (unpaired) electrons. The van der Waals surface area contributed by atoms with E-state index in [-0.39, 0.29) is 35.8 Å². The number of carbonyl (C=O) groups excluding carboxylic acids is 1. The van der Waals surface area contributed by atoms with E-state index in [4.69, 9.17) is 4.74 Å². The SMILES string of the molecule is Cc1cc(S(=O)(=O)N2CCC3(CC(=O)c4ccccc4O3)C2)ccc1F. The van der Waals surface area contributed by atoms with Gasteiger partial charge in [0.25, 0.3) is 0 Å². The molecule has 0 N–H and O–H groups in total. The van der Waals surface area contributed by atoms with Crippen LogP contribution in [0.25, 0.3) is 0 Å². The number of rotatable bonds is 2. The predicted molar refractivity (Wildman–Crippen MR) is 93.3 cm³/mol. The van der Waals surface area contributed by atoms with Crippen molar-refractivity contribution >= 4 is 15.8 Å². The molecule has 0 amide bonds. The van der Waals surface area contributed by atoms with Crippen LogP contribution in [0.3, 0.4) is 0 Å². The van der Waals surface area contributed by atoms with Gasteiger partial charge in [-0.1, -0.05) is 12.1 Å². The van der Waals surface area contributed by atoms with Crippen LogP contribution >= 0.6 is 0 Å². The smallest absolute Gasteiger partial charge is 0.243 e. The molecule has 4 rings (SSSR count). The molecule has 5 nitrogen and oxygen atoms in total. The zero-order valence-corrected chi connectivity index (χ0v) is 15.1. The topological polar surface area (TPSA) is 63.7 Å². The standard InChI is InChI=1S/C19H18FNO4S/c1-13-10-14(6-7-16(13)20)26(23,24)21-9-8-19(12-21)11-17(22)15-4-2-3-5-18(15)25-19/h2-7,10H,8-9,11-12H2,1H3. The molecule has 0 aromatic heterocycles. The summed E-state index contributed by atoms with van der Waals surface area (Å²) < 4.78 is 46.7. The molecular formula is C19H18FNO4S. The van der Waals surface area contributed by atoms with Gasteiger partial charge in [-0.15, -0.1) is 0 Å². The zero-order chi connectivity index (χ0) is 18.5. The van der Waals surface area contributed by atoms with E-state index in [2.05, 4.69) is 0 Å². The number of ether oxygens (including phenoxy) is 1. The van der Waals surface area contributed by atoms with Crippen LogP contribution in [0.4, 0.5) is 4.39 Å². The van der Waals surface area contributed by atoms with Gasteiger partial charge in [-0.05, 0) is 42.8 Å². The minimum absolute atomic E-state index is 0.0382. The quantitative estimate of drug-likeness (QED) is 0.810. The zero-order valence-electron chi connectivity index (χ0n) is 14.2. The minimum atomic E-state index is -3.77. The number of hydrogen-bond acceptors (Lipinski definition) is 4. The summed E-state index contributed by atoms with van der Waals surface area (Å²) >= 11 is 0. The Bertz CT molecular complexity index is 1000. The fourth-order valence-electron chi connectivity index (χ4n) is 3.61. The number of nitrogens with zero attached hydrogens (tertiary/aromatic N) is 1. The van der Waals surface area contributed by atoms with Gasteiger partial charge in [-0.3, -0.25) is 4.79 Å². The molecular weight excluding hydrogens is 357 g/mol. The molecule has 2 aromatic rings. The van der Waals surface area contributed by atoms with Crippen molar-refractivity contribution in [2.75, 3.05) is 13.1 Å². The highest BCUT2D eigenvalue weighted by Crippen LogP contribution is 2.40. The normalized spacial score (nSPS) is 23.1. The summed E-state index contributed by atoms with van der Waals surface area (Å²) in [5.41, 5.74) is -0.0280. The van der Waals surface area contributed by atoms with Gasteiger partial charge in [0, 0.05) is 13.0 Å². The van der Waals surface area contributed by atoms with Crippen molar-refractivity contribution in [1.29, 1.82) is 0 Å². The Kier molecular flexibility index (Phi) is 3.89. The van der Waals surface area contributed by atoms with E-state index in [1.54, 1.807) is 24.3 Å². The Labute approximate surface area is 151 Å². The average molecular weight is 375 g/mol. The van der Waals surface area contributed by atoms with Crippen molar-refractivity contribution in [1.82, 2.24) is 4.31 Å². The molecule has 2 aliphatic heterocycles. The number of hydrogen-bond donors (Lipinski definition) is 0. The van der Waals surface area contributed by atoms with Crippen LogP contribution in [0, 0.1) is 12.7 Å². The Morgan fingerprint density at radius 3 is 2.73 bits per heavy atom. The van der Waals surface area contributed by atoms with Gasteiger partial charge in [0.05, 0.1) is 23.4 Å². The van der Waals surface area contributed by atoms with Crippen molar-refractivity contribution in [3.05, 3.63) is 59.4 Å². The number of ketones is 1. The van der Waals surface area contributed by atoms with Gasteiger partial charge in [0.2, 0.25) is 10.0 Å². The maximum atomic E-state index is 13.5. The molecule has 7 heteroatoms. The molecule has 1 unspecified atom stereocenters.